The van der Waals surface area contributed by atoms with Crippen LogP contribution in [0, 0.1) is 4.91 Å². The molecule has 0 saturated carbocycles. The Hall–Kier alpha value is -1.17. The molecule has 154 valence electrons. The number of unbranched alkanes of at least 4 members (excludes halogenated alkanes) is 12. The van der Waals surface area contributed by atoms with E-state index in [1.54, 1.807) is 0 Å². The number of esters is 1. The number of ether oxygens (including phenoxy) is 1. The second-order valence-electron chi connectivity index (χ2n) is 7.06. The molecule has 6 heteroatoms. The lowest BCUT2D eigenvalue weighted by Gasteiger charge is -2.20. The van der Waals surface area contributed by atoms with E-state index in [2.05, 4.69) is 12.2 Å². The van der Waals surface area contributed by atoms with Crippen LogP contribution in [0.3, 0.4) is 0 Å². The molecule has 0 fully saturated rings. The minimum absolute atomic E-state index is 0.178. The largest absolute Gasteiger partial charge is 0.460 e. The topological polar surface area (TPSA) is 68.2 Å². The van der Waals surface area contributed by atoms with Crippen LogP contribution in [0.15, 0.2) is 5.29 Å². The molecule has 0 heterocycles. The molecule has 0 aromatic rings. The van der Waals surface area contributed by atoms with Crippen molar-refractivity contribution in [3.8, 4) is 0 Å². The molecule has 0 aliphatic rings. The Balaban J connectivity index is 3.57. The molecule has 6 nitrogen and oxygen atoms in total. The zero-order valence-electron chi connectivity index (χ0n) is 17.2. The van der Waals surface area contributed by atoms with E-state index in [0.29, 0.717) is 0 Å². The van der Waals surface area contributed by atoms with Gasteiger partial charge in [0.05, 0.1) is 12.4 Å². The molecule has 1 atom stereocenters. The Morgan fingerprint density at radius 1 is 0.885 bits per heavy atom. The van der Waals surface area contributed by atoms with E-state index in [9.17, 15) is 9.70 Å². The van der Waals surface area contributed by atoms with Crippen molar-refractivity contribution in [3.05, 3.63) is 4.91 Å². The summed E-state index contributed by atoms with van der Waals surface area (Å²) in [5.74, 6) is -0.341. The molecule has 0 spiro atoms. The summed E-state index contributed by atoms with van der Waals surface area (Å²) in [5.41, 5.74) is 0. The molecule has 0 aliphatic heterocycles. The van der Waals surface area contributed by atoms with Gasteiger partial charge in [0.25, 0.3) is 0 Å². The monoisotopic (exact) mass is 372 g/mol. The number of hydroxylamine groups is 1. The third-order valence-electron chi connectivity index (χ3n) is 4.62. The van der Waals surface area contributed by atoms with Crippen molar-refractivity contribution in [2.75, 3.05) is 13.7 Å². The average molecular weight is 373 g/mol. The summed E-state index contributed by atoms with van der Waals surface area (Å²) in [4.78, 5) is 26.5. The lowest BCUT2D eigenvalue weighted by atomic mass is 10.0. The highest BCUT2D eigenvalue weighted by atomic mass is 16.7. The van der Waals surface area contributed by atoms with Crippen LogP contribution in [0.4, 0.5) is 0 Å². The molecular formula is C20H40N2O4. The first-order valence-electron chi connectivity index (χ1n) is 10.5. The molecule has 0 N–H and O–H groups in total. The van der Waals surface area contributed by atoms with E-state index in [1.165, 1.54) is 84.7 Å². The fraction of sp³-hybridized carbons (Fsp3) is 0.950. The molecule has 1 unspecified atom stereocenters. The molecule has 0 aromatic heterocycles. The number of carbonyl (C=O) groups excluding carboxylic acids is 1. The Kier molecular flexibility index (Phi) is 17.8. The van der Waals surface area contributed by atoms with Gasteiger partial charge in [-0.15, -0.1) is 10.1 Å². The first-order chi connectivity index (χ1) is 12.6. The third kappa shape index (κ3) is 16.3. The normalized spacial score (nSPS) is 12.0. The summed E-state index contributed by atoms with van der Waals surface area (Å²) in [6, 6.07) is 0. The Morgan fingerprint density at radius 3 is 1.73 bits per heavy atom. The fourth-order valence-electron chi connectivity index (χ4n) is 3.13. The lowest BCUT2D eigenvalue weighted by Crippen LogP contribution is -2.30. The van der Waals surface area contributed by atoms with Crippen LogP contribution in [0.2, 0.25) is 0 Å². The van der Waals surface area contributed by atoms with Gasteiger partial charge < -0.3 is 4.74 Å². The summed E-state index contributed by atoms with van der Waals surface area (Å²) in [7, 11) is 1.37. The SMILES string of the molecule is CCCCCCCCCCCCCCCC(CN(N=O)OC)OC(C)=O. The van der Waals surface area contributed by atoms with Crippen molar-refractivity contribution >= 4 is 5.97 Å². The first kappa shape index (κ1) is 24.8. The highest BCUT2D eigenvalue weighted by molar-refractivity contribution is 5.66. The number of nitroso groups, excluding NO2 is 1. The zero-order valence-corrected chi connectivity index (χ0v) is 17.2. The molecule has 26 heavy (non-hydrogen) atoms. The van der Waals surface area contributed by atoms with Crippen molar-refractivity contribution in [1.29, 1.82) is 0 Å². The van der Waals surface area contributed by atoms with E-state index in [-0.39, 0.29) is 18.6 Å². The van der Waals surface area contributed by atoms with Gasteiger partial charge in [0.2, 0.25) is 0 Å². The van der Waals surface area contributed by atoms with Crippen LogP contribution in [0.1, 0.15) is 104 Å². The van der Waals surface area contributed by atoms with Crippen LogP contribution in [0.5, 0.6) is 0 Å². The van der Waals surface area contributed by atoms with Gasteiger partial charge in [-0.05, 0) is 12.8 Å². The Bertz CT molecular complexity index is 340. The summed E-state index contributed by atoms with van der Waals surface area (Å²) >= 11 is 0. The third-order valence-corrected chi connectivity index (χ3v) is 4.62. The Labute approximate surface area is 159 Å². The van der Waals surface area contributed by atoms with Gasteiger partial charge in [-0.2, -0.15) is 0 Å². The number of nitrogens with zero attached hydrogens (tertiary/aromatic N) is 2. The van der Waals surface area contributed by atoms with E-state index in [0.717, 1.165) is 24.4 Å². The van der Waals surface area contributed by atoms with Crippen molar-refractivity contribution in [2.24, 2.45) is 5.29 Å². The second-order valence-corrected chi connectivity index (χ2v) is 7.06. The summed E-state index contributed by atoms with van der Waals surface area (Å²) in [6.45, 7) is 3.81. The number of hydrogen-bond donors (Lipinski definition) is 0. The van der Waals surface area contributed by atoms with Gasteiger partial charge >= 0.3 is 5.97 Å². The molecular weight excluding hydrogens is 332 g/mol. The number of rotatable bonds is 19. The van der Waals surface area contributed by atoms with Crippen LogP contribution < -0.4 is 0 Å². The maximum Gasteiger partial charge on any atom is 0.302 e. The molecule has 0 amide bonds. The van der Waals surface area contributed by atoms with E-state index < -0.39 is 0 Å². The maximum atomic E-state index is 11.2. The van der Waals surface area contributed by atoms with Crippen LogP contribution in [0.25, 0.3) is 0 Å². The standard InChI is InChI=1S/C20H40N2O4/c1-4-5-6-7-8-9-10-11-12-13-14-15-16-17-20(26-19(2)23)18-22(21-24)25-3/h20H,4-18H2,1-3H3. The zero-order chi connectivity index (χ0) is 19.5. The van der Waals surface area contributed by atoms with E-state index in [4.69, 9.17) is 9.57 Å². The van der Waals surface area contributed by atoms with Crippen LogP contribution >= 0.6 is 0 Å². The fourth-order valence-corrected chi connectivity index (χ4v) is 3.13. The molecule has 0 radical (unpaired) electrons. The molecule has 0 rings (SSSR count). The van der Waals surface area contributed by atoms with E-state index in [1.807, 2.05) is 0 Å². The lowest BCUT2D eigenvalue weighted by molar-refractivity contribution is -0.169. The molecule has 0 aliphatic carbocycles. The van der Waals surface area contributed by atoms with Crippen molar-refractivity contribution < 1.29 is 14.4 Å². The minimum Gasteiger partial charge on any atom is -0.460 e. The quantitative estimate of drug-likeness (QED) is 0.121. The number of carbonyl (C=O) groups is 1. The smallest absolute Gasteiger partial charge is 0.302 e. The Morgan fingerprint density at radius 2 is 1.35 bits per heavy atom. The molecule has 0 saturated heterocycles. The van der Waals surface area contributed by atoms with Gasteiger partial charge in [0.1, 0.15) is 12.6 Å². The summed E-state index contributed by atoms with van der Waals surface area (Å²) in [6.07, 6.45) is 17.3. The highest BCUT2D eigenvalue weighted by Crippen LogP contribution is 2.14. The van der Waals surface area contributed by atoms with Gasteiger partial charge in [-0.1, -0.05) is 84.0 Å². The second kappa shape index (κ2) is 18.6. The summed E-state index contributed by atoms with van der Waals surface area (Å²) in [5, 5.41) is 3.65. The van der Waals surface area contributed by atoms with Crippen LogP contribution in [-0.4, -0.2) is 30.9 Å². The predicted molar refractivity (Wildman–Crippen MR) is 105 cm³/mol. The minimum atomic E-state index is -0.349. The first-order valence-corrected chi connectivity index (χ1v) is 10.5. The highest BCUT2D eigenvalue weighted by Gasteiger charge is 2.16. The molecule has 0 bridgehead atoms. The van der Waals surface area contributed by atoms with Gasteiger partial charge in [0.15, 0.2) is 0 Å². The number of hydrogen-bond acceptors (Lipinski definition) is 5. The van der Waals surface area contributed by atoms with Crippen molar-refractivity contribution in [3.63, 3.8) is 0 Å². The van der Waals surface area contributed by atoms with Crippen molar-refractivity contribution in [2.45, 2.75) is 110 Å². The maximum absolute atomic E-state index is 11.2. The molecule has 0 aromatic carbocycles. The average Bonchev–Trinajstić information content (AvgIpc) is 2.62. The predicted octanol–water partition coefficient (Wildman–Crippen LogP) is 5.94. The van der Waals surface area contributed by atoms with Gasteiger partial charge in [-0.3, -0.25) is 9.63 Å². The van der Waals surface area contributed by atoms with Crippen LogP contribution in [-0.2, 0) is 14.4 Å². The van der Waals surface area contributed by atoms with E-state index >= 15 is 0 Å². The van der Waals surface area contributed by atoms with Gasteiger partial charge in [0, 0.05) is 6.92 Å². The van der Waals surface area contributed by atoms with Gasteiger partial charge in [-0.25, -0.2) is 0 Å². The summed E-state index contributed by atoms with van der Waals surface area (Å²) < 4.78 is 5.23. The van der Waals surface area contributed by atoms with Crippen molar-refractivity contribution in [1.82, 2.24) is 5.17 Å².